The van der Waals surface area contributed by atoms with Gasteiger partial charge in [-0.1, -0.05) is 13.8 Å². The Labute approximate surface area is 199 Å². The molecule has 2 aliphatic carbocycles. The van der Waals surface area contributed by atoms with Crippen LogP contribution < -0.4 is 21.3 Å². The fourth-order valence-electron chi connectivity index (χ4n) is 7.37. The quantitative estimate of drug-likeness (QED) is 0.455. The molecule has 6 nitrogen and oxygen atoms in total. The van der Waals surface area contributed by atoms with Crippen LogP contribution in [0.25, 0.3) is 0 Å². The van der Waals surface area contributed by atoms with Gasteiger partial charge in [0.1, 0.15) is 0 Å². The molecule has 188 valence electrons. The van der Waals surface area contributed by atoms with Gasteiger partial charge >= 0.3 is 0 Å². The number of aliphatic imine (C=N–C) groups is 1. The molecule has 4 aliphatic rings. The lowest BCUT2D eigenvalue weighted by atomic mass is 9.66. The maximum atomic E-state index is 13.9. The summed E-state index contributed by atoms with van der Waals surface area (Å²) in [7, 11) is 0. The number of hydrogen-bond acceptors (Lipinski definition) is 5. The Bertz CT molecular complexity index is 678. The van der Waals surface area contributed by atoms with Crippen LogP contribution in [0.4, 0.5) is 4.39 Å². The number of halogens is 1. The van der Waals surface area contributed by atoms with Crippen molar-refractivity contribution in [1.82, 2.24) is 21.3 Å². The van der Waals surface area contributed by atoms with Crippen LogP contribution >= 0.6 is 0 Å². The molecular formula is C26H46FN5O. The standard InChI is InChI=1S/C26H46FN5O/c1-16-8-17(2)10-19(9-16)14-30-25(33)22-12-20(15-31-26-28-6-7-29-26)11-21(13-22)23-4-5-24(27)32-18(23)3/h16-24,32H,4-15H2,1-3H3,(H,30,33)(H2,28,29,31). The molecule has 2 heterocycles. The van der Waals surface area contributed by atoms with Crippen LogP contribution in [0, 0.1) is 41.4 Å². The average Bonchev–Trinajstić information content (AvgIpc) is 3.29. The van der Waals surface area contributed by atoms with Gasteiger partial charge in [0.05, 0.1) is 6.54 Å². The molecule has 0 aromatic carbocycles. The van der Waals surface area contributed by atoms with Crippen molar-refractivity contribution >= 4 is 11.9 Å². The SMILES string of the molecule is CC1CC(C)CC(CNC(=O)C2CC(CNC3=NCCN3)CC(C3CCC(F)NC3C)C2)C1. The Morgan fingerprint density at radius 3 is 2.45 bits per heavy atom. The molecule has 0 aromatic rings. The second kappa shape index (κ2) is 11.4. The Kier molecular flexibility index (Phi) is 8.53. The molecule has 4 N–H and O–H groups in total. The smallest absolute Gasteiger partial charge is 0.223 e. The van der Waals surface area contributed by atoms with Crippen LogP contribution in [-0.4, -0.2) is 50.4 Å². The first-order valence-corrected chi connectivity index (χ1v) is 13.6. The minimum Gasteiger partial charge on any atom is -0.356 e. The van der Waals surface area contributed by atoms with Crippen molar-refractivity contribution in [2.24, 2.45) is 46.4 Å². The largest absolute Gasteiger partial charge is 0.356 e. The van der Waals surface area contributed by atoms with Crippen molar-refractivity contribution in [1.29, 1.82) is 0 Å². The minimum absolute atomic E-state index is 0.0581. The predicted octanol–water partition coefficient (Wildman–Crippen LogP) is 3.44. The van der Waals surface area contributed by atoms with E-state index in [1.165, 1.54) is 19.3 Å². The average molecular weight is 464 g/mol. The van der Waals surface area contributed by atoms with E-state index < -0.39 is 6.30 Å². The van der Waals surface area contributed by atoms with Crippen LogP contribution in [0.5, 0.6) is 0 Å². The van der Waals surface area contributed by atoms with E-state index in [2.05, 4.69) is 47.0 Å². The highest BCUT2D eigenvalue weighted by atomic mass is 19.1. The molecule has 2 aliphatic heterocycles. The Hall–Kier alpha value is -1.37. The fraction of sp³-hybridized carbons (Fsp3) is 0.923. The van der Waals surface area contributed by atoms with Gasteiger partial charge < -0.3 is 16.0 Å². The Balaban J connectivity index is 1.36. The summed E-state index contributed by atoms with van der Waals surface area (Å²) >= 11 is 0. The molecule has 3 fully saturated rings. The summed E-state index contributed by atoms with van der Waals surface area (Å²) in [5, 5.41) is 13.2. The topological polar surface area (TPSA) is 77.5 Å². The second-order valence-corrected chi connectivity index (χ2v) is 11.8. The van der Waals surface area contributed by atoms with Crippen molar-refractivity contribution < 1.29 is 9.18 Å². The summed E-state index contributed by atoms with van der Waals surface area (Å²) in [4.78, 5) is 17.8. The molecule has 0 radical (unpaired) electrons. The van der Waals surface area contributed by atoms with Gasteiger partial charge in [0, 0.05) is 31.6 Å². The number of piperidine rings is 1. The van der Waals surface area contributed by atoms with Gasteiger partial charge in [0.25, 0.3) is 0 Å². The number of nitrogens with zero attached hydrogens (tertiary/aromatic N) is 1. The van der Waals surface area contributed by atoms with Crippen LogP contribution in [0.3, 0.4) is 0 Å². The van der Waals surface area contributed by atoms with Crippen LogP contribution in [-0.2, 0) is 4.79 Å². The normalized spacial score (nSPS) is 41.7. The maximum Gasteiger partial charge on any atom is 0.223 e. The molecule has 0 spiro atoms. The zero-order valence-electron chi connectivity index (χ0n) is 20.9. The number of amides is 1. The lowest BCUT2D eigenvalue weighted by Crippen LogP contribution is -2.49. The fourth-order valence-corrected chi connectivity index (χ4v) is 7.37. The summed E-state index contributed by atoms with van der Waals surface area (Å²) in [5.74, 6) is 4.67. The molecule has 33 heavy (non-hydrogen) atoms. The summed E-state index contributed by atoms with van der Waals surface area (Å²) in [6, 6.07) is 0.167. The van der Waals surface area contributed by atoms with Gasteiger partial charge in [-0.15, -0.1) is 0 Å². The van der Waals surface area contributed by atoms with Crippen molar-refractivity contribution in [2.45, 2.75) is 84.5 Å². The van der Waals surface area contributed by atoms with Crippen molar-refractivity contribution in [3.05, 3.63) is 0 Å². The lowest BCUT2D eigenvalue weighted by Gasteiger charge is -2.43. The number of rotatable bonds is 6. The minimum atomic E-state index is -0.886. The van der Waals surface area contributed by atoms with Gasteiger partial charge in [-0.25, -0.2) is 4.39 Å². The Morgan fingerprint density at radius 2 is 1.76 bits per heavy atom. The van der Waals surface area contributed by atoms with Crippen molar-refractivity contribution in [3.63, 3.8) is 0 Å². The van der Waals surface area contributed by atoms with Gasteiger partial charge in [0.2, 0.25) is 5.91 Å². The van der Waals surface area contributed by atoms with Crippen molar-refractivity contribution in [3.8, 4) is 0 Å². The zero-order chi connectivity index (χ0) is 23.4. The zero-order valence-corrected chi connectivity index (χ0v) is 20.9. The monoisotopic (exact) mass is 463 g/mol. The molecule has 0 bridgehead atoms. The molecule has 0 aromatic heterocycles. The van der Waals surface area contributed by atoms with Gasteiger partial charge in [-0.05, 0) is 93.8 Å². The number of alkyl halides is 1. The highest BCUT2D eigenvalue weighted by Crippen LogP contribution is 2.42. The lowest BCUT2D eigenvalue weighted by molar-refractivity contribution is -0.128. The van der Waals surface area contributed by atoms with Gasteiger partial charge in [-0.3, -0.25) is 15.1 Å². The van der Waals surface area contributed by atoms with E-state index in [1.807, 2.05) is 0 Å². The molecule has 8 atom stereocenters. The highest BCUT2D eigenvalue weighted by molar-refractivity contribution is 5.81. The first kappa shape index (κ1) is 24.7. The third-order valence-electron chi connectivity index (χ3n) is 8.73. The van der Waals surface area contributed by atoms with Crippen LogP contribution in [0.15, 0.2) is 4.99 Å². The maximum absolute atomic E-state index is 13.9. The van der Waals surface area contributed by atoms with E-state index >= 15 is 0 Å². The predicted molar refractivity (Wildman–Crippen MR) is 132 cm³/mol. The first-order valence-electron chi connectivity index (χ1n) is 13.6. The van der Waals surface area contributed by atoms with Crippen molar-refractivity contribution in [2.75, 3.05) is 26.2 Å². The van der Waals surface area contributed by atoms with Crippen LogP contribution in [0.2, 0.25) is 0 Å². The molecule has 1 amide bonds. The summed E-state index contributed by atoms with van der Waals surface area (Å²) in [6.07, 6.45) is 7.37. The van der Waals surface area contributed by atoms with E-state index in [1.54, 1.807) is 0 Å². The van der Waals surface area contributed by atoms with E-state index in [4.69, 9.17) is 0 Å². The van der Waals surface area contributed by atoms with E-state index in [0.29, 0.717) is 30.1 Å². The number of carbonyl (C=O) groups excluding carboxylic acids is 1. The number of carbonyl (C=O) groups is 1. The molecule has 1 saturated heterocycles. The molecule has 4 rings (SSSR count). The summed E-state index contributed by atoms with van der Waals surface area (Å²) in [6.45, 7) is 10.2. The summed E-state index contributed by atoms with van der Waals surface area (Å²) < 4.78 is 13.9. The summed E-state index contributed by atoms with van der Waals surface area (Å²) in [5.41, 5.74) is 0. The number of hydrogen-bond donors (Lipinski definition) is 4. The number of guanidine groups is 1. The third kappa shape index (κ3) is 6.83. The second-order valence-electron chi connectivity index (χ2n) is 11.8. The van der Waals surface area contributed by atoms with E-state index in [0.717, 1.165) is 69.7 Å². The highest BCUT2D eigenvalue weighted by Gasteiger charge is 2.40. The van der Waals surface area contributed by atoms with E-state index in [-0.39, 0.29) is 17.9 Å². The third-order valence-corrected chi connectivity index (χ3v) is 8.73. The first-order chi connectivity index (χ1) is 15.9. The van der Waals surface area contributed by atoms with E-state index in [9.17, 15) is 9.18 Å². The number of nitrogens with one attached hydrogen (secondary N) is 4. The Morgan fingerprint density at radius 1 is 1.00 bits per heavy atom. The molecule has 2 saturated carbocycles. The molecular weight excluding hydrogens is 417 g/mol. The van der Waals surface area contributed by atoms with Gasteiger partial charge in [0.15, 0.2) is 12.3 Å². The molecule has 7 heteroatoms. The van der Waals surface area contributed by atoms with Crippen LogP contribution in [0.1, 0.15) is 72.1 Å². The van der Waals surface area contributed by atoms with Gasteiger partial charge in [-0.2, -0.15) is 0 Å². The molecule has 8 unspecified atom stereocenters.